The molecule has 0 radical (unpaired) electrons. The molecule has 0 aliphatic carbocycles. The van der Waals surface area contributed by atoms with Crippen molar-refractivity contribution in [2.45, 2.75) is 38.8 Å². The molecular formula is C16H24N2O2. The van der Waals surface area contributed by atoms with Crippen molar-refractivity contribution in [3.63, 3.8) is 0 Å². The SMILES string of the molecule is CNC1CCCN(C(=O)c2ccccc2OC(C)C)C1. The Morgan fingerprint density at radius 2 is 2.15 bits per heavy atom. The molecule has 1 fully saturated rings. The van der Waals surface area contributed by atoms with Gasteiger partial charge in [-0.15, -0.1) is 0 Å². The second-order valence-corrected chi connectivity index (χ2v) is 5.54. The average Bonchev–Trinajstić information content (AvgIpc) is 2.46. The van der Waals surface area contributed by atoms with Gasteiger partial charge in [0.15, 0.2) is 0 Å². The standard InChI is InChI=1S/C16H24N2O2/c1-12(2)20-15-9-5-4-8-14(15)16(19)18-10-6-7-13(11-18)17-3/h4-5,8-9,12-13,17H,6-7,10-11H2,1-3H3. The highest BCUT2D eigenvalue weighted by molar-refractivity contribution is 5.97. The number of hydrogen-bond acceptors (Lipinski definition) is 3. The predicted molar refractivity (Wildman–Crippen MR) is 80.2 cm³/mol. The van der Waals surface area contributed by atoms with Gasteiger partial charge in [0.1, 0.15) is 5.75 Å². The summed E-state index contributed by atoms with van der Waals surface area (Å²) < 4.78 is 5.75. The van der Waals surface area contributed by atoms with Crippen molar-refractivity contribution in [2.75, 3.05) is 20.1 Å². The number of hydrogen-bond donors (Lipinski definition) is 1. The van der Waals surface area contributed by atoms with E-state index in [9.17, 15) is 4.79 Å². The molecule has 2 rings (SSSR count). The molecule has 1 amide bonds. The summed E-state index contributed by atoms with van der Waals surface area (Å²) in [4.78, 5) is 14.6. The number of likely N-dealkylation sites (tertiary alicyclic amines) is 1. The van der Waals surface area contributed by atoms with Crippen molar-refractivity contribution in [3.05, 3.63) is 29.8 Å². The lowest BCUT2D eigenvalue weighted by molar-refractivity contribution is 0.0692. The van der Waals surface area contributed by atoms with Crippen LogP contribution in [-0.2, 0) is 0 Å². The van der Waals surface area contributed by atoms with E-state index < -0.39 is 0 Å². The summed E-state index contributed by atoms with van der Waals surface area (Å²) in [5.41, 5.74) is 0.665. The van der Waals surface area contributed by atoms with Crippen molar-refractivity contribution in [1.29, 1.82) is 0 Å². The largest absolute Gasteiger partial charge is 0.490 e. The normalized spacial score (nSPS) is 19.2. The van der Waals surface area contributed by atoms with Crippen LogP contribution in [0.25, 0.3) is 0 Å². The van der Waals surface area contributed by atoms with E-state index >= 15 is 0 Å². The van der Waals surface area contributed by atoms with Crippen LogP contribution in [0.2, 0.25) is 0 Å². The summed E-state index contributed by atoms with van der Waals surface area (Å²) in [5.74, 6) is 0.750. The molecular weight excluding hydrogens is 252 g/mol. The number of carbonyl (C=O) groups excluding carboxylic acids is 1. The lowest BCUT2D eigenvalue weighted by Gasteiger charge is -2.33. The summed E-state index contributed by atoms with van der Waals surface area (Å²) in [6, 6.07) is 7.91. The average molecular weight is 276 g/mol. The van der Waals surface area contributed by atoms with Gasteiger partial charge in [-0.1, -0.05) is 12.1 Å². The Morgan fingerprint density at radius 1 is 1.40 bits per heavy atom. The Balaban J connectivity index is 2.16. The molecule has 0 bridgehead atoms. The van der Waals surface area contributed by atoms with Crippen LogP contribution in [0, 0.1) is 0 Å². The molecule has 0 saturated carbocycles. The number of benzene rings is 1. The van der Waals surface area contributed by atoms with Gasteiger partial charge < -0.3 is 15.0 Å². The molecule has 1 aromatic carbocycles. The van der Waals surface area contributed by atoms with Crippen molar-refractivity contribution in [2.24, 2.45) is 0 Å². The number of piperidine rings is 1. The Morgan fingerprint density at radius 3 is 2.85 bits per heavy atom. The molecule has 1 aliphatic rings. The Kier molecular flexibility index (Phi) is 5.01. The Hall–Kier alpha value is -1.55. The van der Waals surface area contributed by atoms with E-state index in [4.69, 9.17) is 4.74 Å². The molecule has 1 N–H and O–H groups in total. The summed E-state index contributed by atoms with van der Waals surface area (Å²) in [6.45, 7) is 5.54. The minimum absolute atomic E-state index is 0.0652. The van der Waals surface area contributed by atoms with E-state index in [1.165, 1.54) is 0 Å². The monoisotopic (exact) mass is 276 g/mol. The second kappa shape index (κ2) is 6.75. The minimum Gasteiger partial charge on any atom is -0.490 e. The molecule has 110 valence electrons. The van der Waals surface area contributed by atoms with Crippen LogP contribution < -0.4 is 10.1 Å². The number of amides is 1. The third kappa shape index (κ3) is 3.51. The number of nitrogens with zero attached hydrogens (tertiary/aromatic N) is 1. The van der Waals surface area contributed by atoms with Crippen LogP contribution in [0.1, 0.15) is 37.0 Å². The van der Waals surface area contributed by atoms with Crippen LogP contribution in [0.5, 0.6) is 5.75 Å². The van der Waals surface area contributed by atoms with Gasteiger partial charge in [0, 0.05) is 19.1 Å². The van der Waals surface area contributed by atoms with Gasteiger partial charge in [0.2, 0.25) is 0 Å². The van der Waals surface area contributed by atoms with Crippen LogP contribution in [0.3, 0.4) is 0 Å². The van der Waals surface area contributed by atoms with E-state index in [2.05, 4.69) is 5.32 Å². The molecule has 4 nitrogen and oxygen atoms in total. The molecule has 1 saturated heterocycles. The van der Waals surface area contributed by atoms with Gasteiger partial charge in [-0.05, 0) is 45.9 Å². The fourth-order valence-corrected chi connectivity index (χ4v) is 2.57. The van der Waals surface area contributed by atoms with E-state index in [1.54, 1.807) is 0 Å². The minimum atomic E-state index is 0.0652. The molecule has 4 heteroatoms. The first-order valence-corrected chi connectivity index (χ1v) is 7.34. The maximum atomic E-state index is 12.7. The molecule has 1 atom stereocenters. The molecule has 1 heterocycles. The number of carbonyl (C=O) groups is 1. The summed E-state index contributed by atoms with van der Waals surface area (Å²) >= 11 is 0. The zero-order valence-electron chi connectivity index (χ0n) is 12.6. The number of rotatable bonds is 4. The molecule has 0 spiro atoms. The van der Waals surface area contributed by atoms with E-state index in [1.807, 2.05) is 50.1 Å². The quantitative estimate of drug-likeness (QED) is 0.917. The maximum absolute atomic E-state index is 12.7. The van der Waals surface area contributed by atoms with Crippen molar-refractivity contribution in [1.82, 2.24) is 10.2 Å². The van der Waals surface area contributed by atoms with Crippen molar-refractivity contribution in [3.8, 4) is 5.75 Å². The number of para-hydroxylation sites is 1. The molecule has 1 aromatic rings. The van der Waals surface area contributed by atoms with Crippen molar-refractivity contribution >= 4 is 5.91 Å². The highest BCUT2D eigenvalue weighted by Crippen LogP contribution is 2.23. The highest BCUT2D eigenvalue weighted by Gasteiger charge is 2.25. The van der Waals surface area contributed by atoms with E-state index in [-0.39, 0.29) is 12.0 Å². The second-order valence-electron chi connectivity index (χ2n) is 5.54. The van der Waals surface area contributed by atoms with Gasteiger partial charge in [0.05, 0.1) is 11.7 Å². The first-order valence-electron chi connectivity index (χ1n) is 7.34. The van der Waals surface area contributed by atoms with Crippen LogP contribution in [0.15, 0.2) is 24.3 Å². The summed E-state index contributed by atoms with van der Waals surface area (Å²) in [7, 11) is 1.95. The first-order chi connectivity index (χ1) is 9.61. The number of ether oxygens (including phenoxy) is 1. The highest BCUT2D eigenvalue weighted by atomic mass is 16.5. The third-order valence-electron chi connectivity index (χ3n) is 3.60. The number of nitrogens with one attached hydrogen (secondary N) is 1. The van der Waals surface area contributed by atoms with Crippen LogP contribution in [-0.4, -0.2) is 43.1 Å². The lowest BCUT2D eigenvalue weighted by atomic mass is 10.0. The zero-order valence-corrected chi connectivity index (χ0v) is 12.6. The van der Waals surface area contributed by atoms with Gasteiger partial charge in [-0.2, -0.15) is 0 Å². The molecule has 20 heavy (non-hydrogen) atoms. The van der Waals surface area contributed by atoms with Gasteiger partial charge in [-0.25, -0.2) is 0 Å². The molecule has 1 aliphatic heterocycles. The van der Waals surface area contributed by atoms with Gasteiger partial charge in [0.25, 0.3) is 5.91 Å². The first kappa shape index (κ1) is 14.9. The van der Waals surface area contributed by atoms with E-state index in [0.717, 1.165) is 25.9 Å². The third-order valence-corrected chi connectivity index (χ3v) is 3.60. The number of likely N-dealkylation sites (N-methyl/N-ethyl adjacent to an activating group) is 1. The Bertz CT molecular complexity index is 460. The van der Waals surface area contributed by atoms with E-state index in [0.29, 0.717) is 17.4 Å². The van der Waals surface area contributed by atoms with Crippen LogP contribution >= 0.6 is 0 Å². The summed E-state index contributed by atoms with van der Waals surface area (Å²) in [6.07, 6.45) is 2.24. The van der Waals surface area contributed by atoms with Gasteiger partial charge >= 0.3 is 0 Å². The van der Waals surface area contributed by atoms with Crippen LogP contribution in [0.4, 0.5) is 0 Å². The van der Waals surface area contributed by atoms with Gasteiger partial charge in [-0.3, -0.25) is 4.79 Å². The Labute approximate surface area is 121 Å². The summed E-state index contributed by atoms with van der Waals surface area (Å²) in [5, 5.41) is 3.26. The fraction of sp³-hybridized carbons (Fsp3) is 0.562. The molecule has 1 unspecified atom stereocenters. The van der Waals surface area contributed by atoms with Crippen molar-refractivity contribution < 1.29 is 9.53 Å². The smallest absolute Gasteiger partial charge is 0.257 e. The maximum Gasteiger partial charge on any atom is 0.257 e. The zero-order chi connectivity index (χ0) is 14.5. The lowest BCUT2D eigenvalue weighted by Crippen LogP contribution is -2.47. The predicted octanol–water partition coefficient (Wildman–Crippen LogP) is 2.30. The topological polar surface area (TPSA) is 41.6 Å². The molecule has 0 aromatic heterocycles. The fourth-order valence-electron chi connectivity index (χ4n) is 2.57.